The molecule has 2 unspecified atom stereocenters. The van der Waals surface area contributed by atoms with Crippen molar-refractivity contribution in [2.24, 2.45) is 5.92 Å². The van der Waals surface area contributed by atoms with Crippen molar-refractivity contribution < 1.29 is 14.7 Å². The molecular formula is C12H22N2O3. The second-order valence-corrected chi connectivity index (χ2v) is 4.91. The van der Waals surface area contributed by atoms with E-state index in [4.69, 9.17) is 0 Å². The summed E-state index contributed by atoms with van der Waals surface area (Å²) < 4.78 is 0. The lowest BCUT2D eigenvalue weighted by atomic mass is 10.0. The number of aliphatic hydroxyl groups excluding tert-OH is 1. The molecule has 0 spiro atoms. The van der Waals surface area contributed by atoms with E-state index in [2.05, 4.69) is 19.2 Å². The van der Waals surface area contributed by atoms with Crippen molar-refractivity contribution in [1.29, 1.82) is 0 Å². The highest BCUT2D eigenvalue weighted by atomic mass is 16.3. The van der Waals surface area contributed by atoms with Gasteiger partial charge in [-0.05, 0) is 19.3 Å². The van der Waals surface area contributed by atoms with Crippen molar-refractivity contribution in [2.75, 3.05) is 13.2 Å². The zero-order valence-corrected chi connectivity index (χ0v) is 10.8. The van der Waals surface area contributed by atoms with E-state index < -0.39 is 6.04 Å². The van der Waals surface area contributed by atoms with Gasteiger partial charge in [0.15, 0.2) is 0 Å². The minimum absolute atomic E-state index is 0.0116. The largest absolute Gasteiger partial charge is 0.395 e. The molecule has 2 atom stereocenters. The molecule has 1 rings (SSSR count). The van der Waals surface area contributed by atoms with Crippen molar-refractivity contribution in [2.45, 2.75) is 45.7 Å². The average molecular weight is 242 g/mol. The fourth-order valence-electron chi connectivity index (χ4n) is 2.19. The first-order chi connectivity index (χ1) is 7.99. The zero-order chi connectivity index (χ0) is 13.0. The van der Waals surface area contributed by atoms with Crippen LogP contribution in [0.25, 0.3) is 0 Å². The van der Waals surface area contributed by atoms with Gasteiger partial charge in [0, 0.05) is 12.6 Å². The molecule has 98 valence electrons. The summed E-state index contributed by atoms with van der Waals surface area (Å²) in [6, 6.07) is -0.577. The first-order valence-corrected chi connectivity index (χ1v) is 6.20. The van der Waals surface area contributed by atoms with E-state index in [1.807, 2.05) is 0 Å². The van der Waals surface area contributed by atoms with Crippen LogP contribution in [-0.4, -0.2) is 47.1 Å². The predicted octanol–water partition coefficient (Wildman–Crippen LogP) is 0.130. The van der Waals surface area contributed by atoms with E-state index in [1.54, 1.807) is 6.92 Å². The number of amides is 2. The van der Waals surface area contributed by atoms with Gasteiger partial charge in [0.05, 0.1) is 19.1 Å². The molecule has 0 aromatic carbocycles. The molecule has 0 aromatic heterocycles. The maximum Gasteiger partial charge on any atom is 0.246 e. The Balaban J connectivity index is 2.57. The van der Waals surface area contributed by atoms with Crippen molar-refractivity contribution in [3.05, 3.63) is 0 Å². The first kappa shape index (κ1) is 14.1. The van der Waals surface area contributed by atoms with Gasteiger partial charge in [0.2, 0.25) is 11.8 Å². The van der Waals surface area contributed by atoms with E-state index >= 15 is 0 Å². The van der Waals surface area contributed by atoms with Crippen LogP contribution in [0, 0.1) is 5.92 Å². The predicted molar refractivity (Wildman–Crippen MR) is 64.3 cm³/mol. The Hall–Kier alpha value is -0.940. The van der Waals surface area contributed by atoms with Crippen LogP contribution in [0.3, 0.4) is 0 Å². The summed E-state index contributed by atoms with van der Waals surface area (Å²) in [5, 5.41) is 12.3. The summed E-state index contributed by atoms with van der Waals surface area (Å²) in [5.41, 5.74) is 0. The summed E-state index contributed by atoms with van der Waals surface area (Å²) in [6.45, 7) is 6.32. The van der Waals surface area contributed by atoms with E-state index in [1.165, 1.54) is 4.90 Å². The number of nitrogens with zero attached hydrogens (tertiary/aromatic N) is 1. The molecule has 2 amide bonds. The van der Waals surface area contributed by atoms with Gasteiger partial charge in [-0.2, -0.15) is 0 Å². The maximum absolute atomic E-state index is 11.8. The molecule has 17 heavy (non-hydrogen) atoms. The number of rotatable bonds is 6. The number of hydrogen-bond acceptors (Lipinski definition) is 4. The van der Waals surface area contributed by atoms with Gasteiger partial charge in [-0.15, -0.1) is 0 Å². The van der Waals surface area contributed by atoms with Crippen LogP contribution in [0.15, 0.2) is 0 Å². The van der Waals surface area contributed by atoms with Gasteiger partial charge >= 0.3 is 0 Å². The molecule has 5 heteroatoms. The molecule has 2 N–H and O–H groups in total. The molecule has 1 saturated heterocycles. The molecule has 1 aliphatic rings. The van der Waals surface area contributed by atoms with E-state index in [-0.39, 0.29) is 30.9 Å². The molecule has 0 saturated carbocycles. The third kappa shape index (κ3) is 3.51. The first-order valence-electron chi connectivity index (χ1n) is 6.20. The Bertz CT molecular complexity index is 291. The number of imide groups is 1. The fourth-order valence-corrected chi connectivity index (χ4v) is 2.19. The minimum atomic E-state index is -0.460. The van der Waals surface area contributed by atoms with Crippen LogP contribution >= 0.6 is 0 Å². The number of carbonyl (C=O) groups excluding carboxylic acids is 2. The van der Waals surface area contributed by atoms with Crippen LogP contribution < -0.4 is 5.32 Å². The monoisotopic (exact) mass is 242 g/mol. The number of likely N-dealkylation sites (N-methyl/N-ethyl adjacent to an activating group) is 1. The Kier molecular flexibility index (Phi) is 5.08. The van der Waals surface area contributed by atoms with Gasteiger partial charge in [-0.25, -0.2) is 0 Å². The van der Waals surface area contributed by atoms with Gasteiger partial charge < -0.3 is 10.4 Å². The third-order valence-electron chi connectivity index (χ3n) is 2.97. The highest BCUT2D eigenvalue weighted by Crippen LogP contribution is 2.14. The Morgan fingerprint density at radius 2 is 2.12 bits per heavy atom. The molecule has 0 aliphatic carbocycles. The minimum Gasteiger partial charge on any atom is -0.395 e. The quantitative estimate of drug-likeness (QED) is 0.650. The summed E-state index contributed by atoms with van der Waals surface area (Å²) in [5.74, 6) is 0.144. The van der Waals surface area contributed by atoms with Crippen LogP contribution in [0.4, 0.5) is 0 Å². The van der Waals surface area contributed by atoms with Crippen LogP contribution in [0.2, 0.25) is 0 Å². The van der Waals surface area contributed by atoms with Crippen LogP contribution in [-0.2, 0) is 9.59 Å². The van der Waals surface area contributed by atoms with Gasteiger partial charge in [0.25, 0.3) is 0 Å². The number of nitrogens with one attached hydrogen (secondary N) is 1. The molecule has 1 aliphatic heterocycles. The maximum atomic E-state index is 11.8. The number of likely N-dealkylation sites (tertiary alicyclic amines) is 1. The summed E-state index contributed by atoms with van der Waals surface area (Å²) in [7, 11) is 0. The molecule has 0 radical (unpaired) electrons. The second-order valence-electron chi connectivity index (χ2n) is 4.91. The molecule has 5 nitrogen and oxygen atoms in total. The van der Waals surface area contributed by atoms with E-state index in [0.29, 0.717) is 12.5 Å². The van der Waals surface area contributed by atoms with Crippen molar-refractivity contribution in [3.63, 3.8) is 0 Å². The topological polar surface area (TPSA) is 69.6 Å². The van der Waals surface area contributed by atoms with Crippen molar-refractivity contribution in [1.82, 2.24) is 10.2 Å². The Morgan fingerprint density at radius 1 is 1.47 bits per heavy atom. The lowest BCUT2D eigenvalue weighted by Gasteiger charge is -2.21. The van der Waals surface area contributed by atoms with Gasteiger partial charge in [-0.1, -0.05) is 13.8 Å². The third-order valence-corrected chi connectivity index (χ3v) is 2.97. The van der Waals surface area contributed by atoms with Crippen LogP contribution in [0.5, 0.6) is 0 Å². The average Bonchev–Trinajstić information content (AvgIpc) is 2.52. The number of carbonyl (C=O) groups is 2. The summed E-state index contributed by atoms with van der Waals surface area (Å²) >= 11 is 0. The second kappa shape index (κ2) is 6.12. The summed E-state index contributed by atoms with van der Waals surface area (Å²) in [4.78, 5) is 24.6. The SMILES string of the molecule is CCN1C(=O)CC(NC(CO)CC(C)C)C1=O. The normalized spacial score (nSPS) is 22.6. The molecule has 1 fully saturated rings. The summed E-state index contributed by atoms with van der Waals surface area (Å²) in [6.07, 6.45) is 1.00. The lowest BCUT2D eigenvalue weighted by Crippen LogP contribution is -2.45. The van der Waals surface area contributed by atoms with E-state index in [0.717, 1.165) is 6.42 Å². The van der Waals surface area contributed by atoms with Crippen LogP contribution in [0.1, 0.15) is 33.6 Å². The molecule has 0 aromatic rings. The van der Waals surface area contributed by atoms with Crippen molar-refractivity contribution >= 4 is 11.8 Å². The Morgan fingerprint density at radius 3 is 2.53 bits per heavy atom. The highest BCUT2D eigenvalue weighted by Gasteiger charge is 2.38. The van der Waals surface area contributed by atoms with Crippen molar-refractivity contribution in [3.8, 4) is 0 Å². The van der Waals surface area contributed by atoms with E-state index in [9.17, 15) is 14.7 Å². The van der Waals surface area contributed by atoms with Gasteiger partial charge in [-0.3, -0.25) is 14.5 Å². The number of hydrogen-bond donors (Lipinski definition) is 2. The lowest BCUT2D eigenvalue weighted by molar-refractivity contribution is -0.138. The fraction of sp³-hybridized carbons (Fsp3) is 0.833. The molecular weight excluding hydrogens is 220 g/mol. The van der Waals surface area contributed by atoms with Gasteiger partial charge in [0.1, 0.15) is 0 Å². The zero-order valence-electron chi connectivity index (χ0n) is 10.8. The smallest absolute Gasteiger partial charge is 0.246 e. The highest BCUT2D eigenvalue weighted by molar-refractivity contribution is 6.05. The number of aliphatic hydroxyl groups is 1. The Labute approximate surface area is 102 Å². The molecule has 0 bridgehead atoms. The standard InChI is InChI=1S/C12H22N2O3/c1-4-14-11(16)6-10(12(14)17)13-9(7-15)5-8(2)3/h8-10,13,15H,4-7H2,1-3H3. The molecule has 1 heterocycles.